The number of nitrogens with zero attached hydrogens (tertiary/aromatic N) is 5. The second kappa shape index (κ2) is 13.8. The highest BCUT2D eigenvalue weighted by molar-refractivity contribution is 6.25. The predicted molar refractivity (Wildman–Crippen MR) is 227 cm³/mol. The van der Waals surface area contributed by atoms with Crippen molar-refractivity contribution < 1.29 is 0 Å². The first kappa shape index (κ1) is 32.2. The maximum atomic E-state index is 5.55. The Morgan fingerprint density at radius 3 is 1.36 bits per heavy atom. The molecule has 0 spiro atoms. The molecule has 8 aromatic carbocycles. The van der Waals surface area contributed by atoms with E-state index in [0.717, 1.165) is 77.5 Å². The molecule has 5 heteroatoms. The van der Waals surface area contributed by atoms with E-state index in [4.69, 9.17) is 19.9 Å². The van der Waals surface area contributed by atoms with Gasteiger partial charge in [0, 0.05) is 49.8 Å². The van der Waals surface area contributed by atoms with Crippen LogP contribution < -0.4 is 4.90 Å². The molecular formula is C50H33N5. The van der Waals surface area contributed by atoms with Gasteiger partial charge in [-0.05, 0) is 41.1 Å². The van der Waals surface area contributed by atoms with Gasteiger partial charge in [-0.1, -0.05) is 170 Å². The van der Waals surface area contributed by atoms with Crippen molar-refractivity contribution >= 4 is 49.5 Å². The number of hydrogen-bond acceptors (Lipinski definition) is 5. The van der Waals surface area contributed by atoms with Crippen LogP contribution >= 0.6 is 0 Å². The van der Waals surface area contributed by atoms with Gasteiger partial charge in [0.05, 0.1) is 16.9 Å². The number of fused-ring (bicyclic) bond motifs is 5. The van der Waals surface area contributed by atoms with Gasteiger partial charge in [0.1, 0.15) is 0 Å². The van der Waals surface area contributed by atoms with Crippen LogP contribution in [0.2, 0.25) is 0 Å². The molecule has 0 bridgehead atoms. The smallest absolute Gasteiger partial charge is 0.164 e. The fourth-order valence-corrected chi connectivity index (χ4v) is 7.57. The number of aromatic nitrogens is 4. The second-order valence-electron chi connectivity index (χ2n) is 13.4. The van der Waals surface area contributed by atoms with Crippen LogP contribution in [-0.2, 0) is 0 Å². The van der Waals surface area contributed by atoms with Crippen LogP contribution in [0.4, 0.5) is 17.1 Å². The Morgan fingerprint density at radius 1 is 0.309 bits per heavy atom. The van der Waals surface area contributed by atoms with E-state index in [1.54, 1.807) is 0 Å². The van der Waals surface area contributed by atoms with E-state index in [1.165, 1.54) is 0 Å². The highest BCUT2D eigenvalue weighted by Crippen LogP contribution is 2.44. The van der Waals surface area contributed by atoms with Gasteiger partial charge >= 0.3 is 0 Å². The summed E-state index contributed by atoms with van der Waals surface area (Å²) in [7, 11) is 0. The Balaban J connectivity index is 1.28. The molecular weight excluding hydrogens is 671 g/mol. The molecule has 258 valence electrons. The van der Waals surface area contributed by atoms with Crippen LogP contribution in [0.5, 0.6) is 0 Å². The topological polar surface area (TPSA) is 54.8 Å². The van der Waals surface area contributed by atoms with Crippen LogP contribution in [0, 0.1) is 0 Å². The molecule has 0 aliphatic carbocycles. The third-order valence-electron chi connectivity index (χ3n) is 10.1. The predicted octanol–water partition coefficient (Wildman–Crippen LogP) is 12.9. The Labute approximate surface area is 318 Å². The molecule has 0 unspecified atom stereocenters. The van der Waals surface area contributed by atoms with Gasteiger partial charge in [-0.2, -0.15) is 0 Å². The minimum atomic E-state index is 0.624. The van der Waals surface area contributed by atoms with Gasteiger partial charge in [-0.15, -0.1) is 0 Å². The average Bonchev–Trinajstić information content (AvgIpc) is 3.27. The summed E-state index contributed by atoms with van der Waals surface area (Å²) in [4.78, 5) is 23.0. The van der Waals surface area contributed by atoms with Gasteiger partial charge in [0.25, 0.3) is 0 Å². The number of pyridine rings is 1. The first-order valence-corrected chi connectivity index (χ1v) is 18.4. The van der Waals surface area contributed by atoms with E-state index >= 15 is 0 Å². The lowest BCUT2D eigenvalue weighted by atomic mass is 9.92. The summed E-state index contributed by atoms with van der Waals surface area (Å²) >= 11 is 0. The molecule has 10 aromatic rings. The Kier molecular flexibility index (Phi) is 8.08. The van der Waals surface area contributed by atoms with Gasteiger partial charge < -0.3 is 4.90 Å². The zero-order valence-corrected chi connectivity index (χ0v) is 29.8. The molecule has 0 atom stereocenters. The first-order chi connectivity index (χ1) is 27.3. The molecule has 2 heterocycles. The molecule has 55 heavy (non-hydrogen) atoms. The van der Waals surface area contributed by atoms with Gasteiger partial charge in [0.2, 0.25) is 0 Å². The zero-order valence-electron chi connectivity index (χ0n) is 29.8. The van der Waals surface area contributed by atoms with E-state index in [2.05, 4.69) is 144 Å². The lowest BCUT2D eigenvalue weighted by Gasteiger charge is -2.27. The largest absolute Gasteiger partial charge is 0.308 e. The van der Waals surface area contributed by atoms with E-state index in [9.17, 15) is 0 Å². The normalized spacial score (nSPS) is 11.3. The Morgan fingerprint density at radius 2 is 0.782 bits per heavy atom. The lowest BCUT2D eigenvalue weighted by Crippen LogP contribution is -2.11. The third-order valence-corrected chi connectivity index (χ3v) is 10.1. The summed E-state index contributed by atoms with van der Waals surface area (Å²) in [5.74, 6) is 1.89. The Bertz CT molecular complexity index is 2860. The van der Waals surface area contributed by atoms with Crippen LogP contribution in [0.15, 0.2) is 200 Å². The van der Waals surface area contributed by atoms with Crippen LogP contribution in [0.1, 0.15) is 0 Å². The molecule has 0 saturated carbocycles. The molecule has 2 aromatic heterocycles. The summed E-state index contributed by atoms with van der Waals surface area (Å²) in [5, 5.41) is 5.44. The van der Waals surface area contributed by atoms with E-state index < -0.39 is 0 Å². The first-order valence-electron chi connectivity index (χ1n) is 18.4. The van der Waals surface area contributed by atoms with Crippen LogP contribution in [-0.4, -0.2) is 19.9 Å². The van der Waals surface area contributed by atoms with Crippen LogP contribution in [0.25, 0.3) is 77.9 Å². The highest BCUT2D eigenvalue weighted by Gasteiger charge is 2.21. The fourth-order valence-electron chi connectivity index (χ4n) is 7.57. The minimum absolute atomic E-state index is 0.624. The van der Waals surface area contributed by atoms with E-state index in [-0.39, 0.29) is 0 Å². The summed E-state index contributed by atoms with van der Waals surface area (Å²) in [6.07, 6.45) is 0. The maximum Gasteiger partial charge on any atom is 0.164 e. The molecule has 0 radical (unpaired) electrons. The quantitative estimate of drug-likeness (QED) is 0.155. The van der Waals surface area contributed by atoms with Crippen molar-refractivity contribution in [2.24, 2.45) is 0 Å². The van der Waals surface area contributed by atoms with Gasteiger partial charge in [-0.25, -0.2) is 19.9 Å². The number of benzene rings is 8. The number of rotatable bonds is 7. The summed E-state index contributed by atoms with van der Waals surface area (Å²) < 4.78 is 0. The lowest BCUT2D eigenvalue weighted by molar-refractivity contribution is 1.08. The molecule has 0 aliphatic heterocycles. The van der Waals surface area contributed by atoms with E-state index in [0.29, 0.717) is 17.5 Å². The molecule has 0 amide bonds. The Hall–Kier alpha value is -7.50. The molecule has 10 rings (SSSR count). The van der Waals surface area contributed by atoms with Crippen molar-refractivity contribution in [1.29, 1.82) is 0 Å². The average molecular weight is 704 g/mol. The summed E-state index contributed by atoms with van der Waals surface area (Å²) in [6, 6.07) is 69.1. The maximum absolute atomic E-state index is 5.55. The standard InChI is InChI=1S/C50H33N5/c1-6-18-34(19-7-1)46-43-33-32-39-40(28-16-29-41(39)50-53-48(35-20-8-2-9-21-35)52-49(54-50)36-22-10-3-11-23-36)45(43)42-30-17-31-44(47(42)51-46)55(37-24-12-4-13-25-37)38-26-14-5-15-27-38/h1-33H. The van der Waals surface area contributed by atoms with Crippen molar-refractivity contribution in [3.05, 3.63) is 200 Å². The van der Waals surface area contributed by atoms with Crippen molar-refractivity contribution in [2.45, 2.75) is 0 Å². The molecule has 0 saturated heterocycles. The third kappa shape index (κ3) is 5.85. The monoisotopic (exact) mass is 703 g/mol. The van der Waals surface area contributed by atoms with E-state index in [1.807, 2.05) is 60.7 Å². The van der Waals surface area contributed by atoms with Crippen molar-refractivity contribution in [3.8, 4) is 45.4 Å². The van der Waals surface area contributed by atoms with Crippen molar-refractivity contribution in [3.63, 3.8) is 0 Å². The number of para-hydroxylation sites is 3. The van der Waals surface area contributed by atoms with Crippen molar-refractivity contribution in [1.82, 2.24) is 19.9 Å². The molecule has 0 fully saturated rings. The summed E-state index contributed by atoms with van der Waals surface area (Å²) in [6.45, 7) is 0. The van der Waals surface area contributed by atoms with Gasteiger partial charge in [0.15, 0.2) is 17.5 Å². The molecule has 0 N–H and O–H groups in total. The minimum Gasteiger partial charge on any atom is -0.308 e. The zero-order chi connectivity index (χ0) is 36.6. The molecule has 5 nitrogen and oxygen atoms in total. The molecule has 0 aliphatic rings. The van der Waals surface area contributed by atoms with Crippen molar-refractivity contribution in [2.75, 3.05) is 4.90 Å². The number of hydrogen-bond donors (Lipinski definition) is 0. The van der Waals surface area contributed by atoms with Crippen LogP contribution in [0.3, 0.4) is 0 Å². The van der Waals surface area contributed by atoms with Gasteiger partial charge in [-0.3, -0.25) is 0 Å². The second-order valence-corrected chi connectivity index (χ2v) is 13.4. The highest BCUT2D eigenvalue weighted by atomic mass is 15.1. The SMILES string of the molecule is c1ccc(-c2nc(-c3ccccc3)nc(-c3cccc4c3ccc3c(-c5ccccc5)nc5c(N(c6ccccc6)c6ccccc6)cccc5c34)n2)cc1. The summed E-state index contributed by atoms with van der Waals surface area (Å²) in [5.41, 5.74) is 8.83. The fraction of sp³-hybridized carbons (Fsp3) is 0. The number of anilines is 3.